The fraction of sp³-hybridized carbons (Fsp3) is 0.267. The molecule has 0 saturated carbocycles. The average Bonchev–Trinajstić information content (AvgIpc) is 3.15. The van der Waals surface area contributed by atoms with E-state index in [9.17, 15) is 8.42 Å². The molecule has 0 fully saturated rings. The highest BCUT2D eigenvalue weighted by atomic mass is 32.2. The quantitative estimate of drug-likeness (QED) is 0.700. The Kier molecular flexibility index (Phi) is 4.45. The molecule has 2 heterocycles. The van der Waals surface area contributed by atoms with E-state index in [4.69, 9.17) is 4.52 Å². The second-order valence-electron chi connectivity index (χ2n) is 5.29. The number of hydrogen-bond donors (Lipinski definition) is 2. The van der Waals surface area contributed by atoms with Crippen molar-refractivity contribution in [2.24, 2.45) is 0 Å². The topological polar surface area (TPSA) is 114 Å². The second kappa shape index (κ2) is 6.54. The molecule has 0 aliphatic carbocycles. The second-order valence-corrected chi connectivity index (χ2v) is 6.99. The van der Waals surface area contributed by atoms with Crippen molar-refractivity contribution in [3.8, 4) is 11.4 Å². The van der Waals surface area contributed by atoms with E-state index < -0.39 is 10.0 Å². The van der Waals surface area contributed by atoms with Gasteiger partial charge in [-0.05, 0) is 13.8 Å². The normalized spacial score (nSPS) is 11.8. The first-order valence-corrected chi connectivity index (χ1v) is 8.85. The van der Waals surface area contributed by atoms with Crippen molar-refractivity contribution in [1.82, 2.24) is 25.1 Å². The van der Waals surface area contributed by atoms with Crippen LogP contribution in [0.4, 0.5) is 0 Å². The van der Waals surface area contributed by atoms with Crippen LogP contribution in [0.2, 0.25) is 0 Å². The molecule has 0 bridgehead atoms. The van der Waals surface area contributed by atoms with Gasteiger partial charge in [-0.15, -0.1) is 0 Å². The minimum atomic E-state index is -3.63. The Hall–Kier alpha value is -2.52. The Morgan fingerprint density at radius 3 is 2.62 bits per heavy atom. The van der Waals surface area contributed by atoms with Crippen molar-refractivity contribution in [2.45, 2.75) is 25.2 Å². The van der Waals surface area contributed by atoms with Gasteiger partial charge in [0.15, 0.2) is 0 Å². The molecule has 2 N–H and O–H groups in total. The van der Waals surface area contributed by atoms with Crippen molar-refractivity contribution in [2.75, 3.05) is 6.54 Å². The molecule has 1 aromatic carbocycles. The molecule has 9 heteroatoms. The molecule has 0 aliphatic heterocycles. The van der Waals surface area contributed by atoms with Gasteiger partial charge in [0.25, 0.3) is 0 Å². The molecule has 0 aliphatic rings. The smallest absolute Gasteiger partial charge is 0.244 e. The largest absolute Gasteiger partial charge is 0.339 e. The Labute approximate surface area is 139 Å². The van der Waals surface area contributed by atoms with E-state index in [0.717, 1.165) is 5.56 Å². The molecule has 3 rings (SSSR count). The van der Waals surface area contributed by atoms with Crippen LogP contribution in [-0.4, -0.2) is 35.3 Å². The molecule has 126 valence electrons. The SMILES string of the molecule is Cc1n[nH]c(C)c1S(=O)(=O)NCCc1nc(-c2ccccc2)no1. The molecule has 8 nitrogen and oxygen atoms in total. The first-order valence-electron chi connectivity index (χ1n) is 7.36. The summed E-state index contributed by atoms with van der Waals surface area (Å²) < 4.78 is 32.3. The van der Waals surface area contributed by atoms with E-state index in [1.54, 1.807) is 13.8 Å². The zero-order chi connectivity index (χ0) is 17.2. The van der Waals surface area contributed by atoms with Gasteiger partial charge in [0.1, 0.15) is 4.90 Å². The third-order valence-electron chi connectivity index (χ3n) is 3.46. The number of aromatic amines is 1. The molecule has 0 amide bonds. The Morgan fingerprint density at radius 1 is 1.21 bits per heavy atom. The maximum Gasteiger partial charge on any atom is 0.244 e. The average molecular weight is 347 g/mol. The van der Waals surface area contributed by atoms with Crippen LogP contribution in [0, 0.1) is 13.8 Å². The maximum atomic E-state index is 12.3. The molecule has 0 radical (unpaired) electrons. The summed E-state index contributed by atoms with van der Waals surface area (Å²) in [6.07, 6.45) is 0.301. The van der Waals surface area contributed by atoms with Crippen LogP contribution >= 0.6 is 0 Å². The summed E-state index contributed by atoms with van der Waals surface area (Å²) in [4.78, 5) is 4.45. The van der Waals surface area contributed by atoms with Gasteiger partial charge in [-0.3, -0.25) is 5.10 Å². The van der Waals surface area contributed by atoms with Crippen molar-refractivity contribution >= 4 is 10.0 Å². The van der Waals surface area contributed by atoms with E-state index in [-0.39, 0.29) is 11.4 Å². The fourth-order valence-electron chi connectivity index (χ4n) is 2.36. The lowest BCUT2D eigenvalue weighted by atomic mass is 10.2. The predicted molar refractivity (Wildman–Crippen MR) is 86.7 cm³/mol. The zero-order valence-electron chi connectivity index (χ0n) is 13.3. The molecule has 2 aromatic heterocycles. The third kappa shape index (κ3) is 3.36. The monoisotopic (exact) mass is 347 g/mol. The van der Waals surface area contributed by atoms with Crippen LogP contribution in [0.5, 0.6) is 0 Å². The predicted octanol–water partition coefficient (Wildman–Crippen LogP) is 1.60. The number of aromatic nitrogens is 4. The summed E-state index contributed by atoms with van der Waals surface area (Å²) in [5, 5.41) is 10.5. The van der Waals surface area contributed by atoms with E-state index in [2.05, 4.69) is 25.1 Å². The highest BCUT2D eigenvalue weighted by Crippen LogP contribution is 2.17. The lowest BCUT2D eigenvalue weighted by Gasteiger charge is -2.05. The lowest BCUT2D eigenvalue weighted by molar-refractivity contribution is 0.379. The summed E-state index contributed by atoms with van der Waals surface area (Å²) in [5.41, 5.74) is 1.78. The summed E-state index contributed by atoms with van der Waals surface area (Å²) in [6.45, 7) is 3.46. The van der Waals surface area contributed by atoms with Crippen LogP contribution in [0.3, 0.4) is 0 Å². The first-order chi connectivity index (χ1) is 11.5. The van der Waals surface area contributed by atoms with Gasteiger partial charge in [-0.1, -0.05) is 35.5 Å². The van der Waals surface area contributed by atoms with Gasteiger partial charge in [0.05, 0.1) is 11.4 Å². The van der Waals surface area contributed by atoms with Crippen LogP contribution in [0.15, 0.2) is 39.8 Å². The van der Waals surface area contributed by atoms with Crippen LogP contribution in [0.25, 0.3) is 11.4 Å². The number of hydrogen-bond acceptors (Lipinski definition) is 6. The molecule has 24 heavy (non-hydrogen) atoms. The Bertz CT molecular complexity index is 912. The standard InChI is InChI=1S/C15H17N5O3S/c1-10-14(11(2)19-18-10)24(21,22)16-9-8-13-17-15(20-23-13)12-6-4-3-5-7-12/h3-7,16H,8-9H2,1-2H3,(H,18,19). The first kappa shape index (κ1) is 16.3. The molecular formula is C15H17N5O3S. The molecule has 0 unspecified atom stereocenters. The van der Waals surface area contributed by atoms with Gasteiger partial charge in [-0.25, -0.2) is 13.1 Å². The van der Waals surface area contributed by atoms with Gasteiger partial charge >= 0.3 is 0 Å². The maximum absolute atomic E-state index is 12.3. The number of aryl methyl sites for hydroxylation is 2. The lowest BCUT2D eigenvalue weighted by Crippen LogP contribution is -2.27. The van der Waals surface area contributed by atoms with Crippen molar-refractivity contribution in [3.05, 3.63) is 47.6 Å². The van der Waals surface area contributed by atoms with Gasteiger partial charge in [0, 0.05) is 18.5 Å². The fourth-order valence-corrected chi connectivity index (χ4v) is 3.76. The summed E-state index contributed by atoms with van der Waals surface area (Å²) in [6, 6.07) is 9.42. The highest BCUT2D eigenvalue weighted by Gasteiger charge is 2.22. The highest BCUT2D eigenvalue weighted by molar-refractivity contribution is 7.89. The van der Waals surface area contributed by atoms with Crippen LogP contribution in [0.1, 0.15) is 17.3 Å². The Balaban J connectivity index is 1.64. The Morgan fingerprint density at radius 2 is 1.96 bits per heavy atom. The minimum Gasteiger partial charge on any atom is -0.339 e. The summed E-state index contributed by atoms with van der Waals surface area (Å²) >= 11 is 0. The molecule has 0 spiro atoms. The summed E-state index contributed by atoms with van der Waals surface area (Å²) in [5.74, 6) is 0.854. The van der Waals surface area contributed by atoms with Crippen molar-refractivity contribution in [3.63, 3.8) is 0 Å². The van der Waals surface area contributed by atoms with Gasteiger partial charge in [0.2, 0.25) is 21.7 Å². The van der Waals surface area contributed by atoms with E-state index in [1.807, 2.05) is 30.3 Å². The molecule has 3 aromatic rings. The third-order valence-corrected chi connectivity index (χ3v) is 5.18. The molecular weight excluding hydrogens is 330 g/mol. The minimum absolute atomic E-state index is 0.156. The van der Waals surface area contributed by atoms with E-state index in [1.165, 1.54) is 0 Å². The van der Waals surface area contributed by atoms with E-state index in [0.29, 0.717) is 29.5 Å². The molecule has 0 atom stereocenters. The molecule has 0 saturated heterocycles. The number of nitrogens with zero attached hydrogens (tertiary/aromatic N) is 3. The van der Waals surface area contributed by atoms with Gasteiger partial charge < -0.3 is 4.52 Å². The van der Waals surface area contributed by atoms with E-state index >= 15 is 0 Å². The number of nitrogens with one attached hydrogen (secondary N) is 2. The number of rotatable bonds is 6. The summed E-state index contributed by atoms with van der Waals surface area (Å²) in [7, 11) is -3.63. The van der Waals surface area contributed by atoms with Crippen LogP contribution in [-0.2, 0) is 16.4 Å². The zero-order valence-corrected chi connectivity index (χ0v) is 14.1. The number of H-pyrrole nitrogens is 1. The van der Waals surface area contributed by atoms with Crippen molar-refractivity contribution in [1.29, 1.82) is 0 Å². The number of sulfonamides is 1. The van der Waals surface area contributed by atoms with Crippen molar-refractivity contribution < 1.29 is 12.9 Å². The van der Waals surface area contributed by atoms with Gasteiger partial charge in [-0.2, -0.15) is 10.1 Å². The number of benzene rings is 1. The van der Waals surface area contributed by atoms with Crippen LogP contribution < -0.4 is 4.72 Å².